The highest BCUT2D eigenvalue weighted by atomic mass is 16.2. The molecule has 1 unspecified atom stereocenters. The van der Waals surface area contributed by atoms with Gasteiger partial charge in [-0.15, -0.1) is 10.2 Å². The Morgan fingerprint density at radius 3 is 2.68 bits per heavy atom. The molecule has 0 radical (unpaired) electrons. The fourth-order valence-corrected chi connectivity index (χ4v) is 2.49. The zero-order valence-electron chi connectivity index (χ0n) is 14.3. The number of hydrogen-bond donors (Lipinski definition) is 0. The second-order valence-electron chi connectivity index (χ2n) is 5.80. The molecule has 3 aromatic heterocycles. The Balaban J connectivity index is 1.88. The predicted octanol–water partition coefficient (Wildman–Crippen LogP) is 2.50. The largest absolute Gasteiger partial charge is 0.330 e. The Labute approximate surface area is 146 Å². The van der Waals surface area contributed by atoms with E-state index in [-0.39, 0.29) is 11.9 Å². The summed E-state index contributed by atoms with van der Waals surface area (Å²) in [6.45, 7) is 4.60. The first-order valence-corrected chi connectivity index (χ1v) is 8.21. The minimum absolute atomic E-state index is 0.0908. The van der Waals surface area contributed by atoms with Crippen LogP contribution in [0.3, 0.4) is 0 Å². The molecule has 1 amide bonds. The second-order valence-corrected chi connectivity index (χ2v) is 5.80. The van der Waals surface area contributed by atoms with Crippen molar-refractivity contribution in [2.75, 3.05) is 0 Å². The molecule has 0 saturated carbocycles. The zero-order chi connectivity index (χ0) is 17.6. The Morgan fingerprint density at radius 2 is 2.00 bits per heavy atom. The summed E-state index contributed by atoms with van der Waals surface area (Å²) in [6.07, 6.45) is 7.47. The number of carbonyl (C=O) groups excluding carboxylic acids is 1. The molecule has 7 nitrogen and oxygen atoms in total. The minimum atomic E-state index is -0.104. The summed E-state index contributed by atoms with van der Waals surface area (Å²) in [5.41, 5.74) is 1.39. The highest BCUT2D eigenvalue weighted by molar-refractivity contribution is 5.92. The Morgan fingerprint density at radius 1 is 1.20 bits per heavy atom. The fraction of sp³-hybridized carbons (Fsp3) is 0.278. The van der Waals surface area contributed by atoms with Crippen LogP contribution in [0.4, 0.5) is 0 Å². The number of pyridine rings is 2. The molecular formula is C18H20N6O. The van der Waals surface area contributed by atoms with Crippen LogP contribution in [0.25, 0.3) is 5.82 Å². The van der Waals surface area contributed by atoms with Gasteiger partial charge in [0.15, 0.2) is 0 Å². The van der Waals surface area contributed by atoms with E-state index in [4.69, 9.17) is 0 Å². The van der Waals surface area contributed by atoms with Gasteiger partial charge in [-0.05, 0) is 37.1 Å². The molecule has 0 aliphatic carbocycles. The van der Waals surface area contributed by atoms with Gasteiger partial charge in [-0.3, -0.25) is 14.3 Å². The lowest BCUT2D eigenvalue weighted by atomic mass is 10.1. The third kappa shape index (κ3) is 3.88. The number of carbonyl (C=O) groups is 1. The lowest BCUT2D eigenvalue weighted by Gasteiger charge is -2.28. The van der Waals surface area contributed by atoms with Crippen LogP contribution >= 0.6 is 0 Å². The summed E-state index contributed by atoms with van der Waals surface area (Å²) in [6, 6.07) is 9.29. The summed E-state index contributed by atoms with van der Waals surface area (Å²) in [5.74, 6) is 0.509. The summed E-state index contributed by atoms with van der Waals surface area (Å²) < 4.78 is 1.67. The monoisotopic (exact) mass is 336 g/mol. The van der Waals surface area contributed by atoms with Crippen LogP contribution in [-0.2, 0) is 6.54 Å². The fourth-order valence-electron chi connectivity index (χ4n) is 2.49. The summed E-state index contributed by atoms with van der Waals surface area (Å²) in [4.78, 5) is 23.5. The quantitative estimate of drug-likeness (QED) is 0.691. The molecule has 25 heavy (non-hydrogen) atoms. The van der Waals surface area contributed by atoms with Crippen molar-refractivity contribution in [2.24, 2.45) is 0 Å². The van der Waals surface area contributed by atoms with E-state index in [1.165, 1.54) is 0 Å². The van der Waals surface area contributed by atoms with E-state index in [0.29, 0.717) is 18.1 Å². The smallest absolute Gasteiger partial charge is 0.273 e. The van der Waals surface area contributed by atoms with Gasteiger partial charge in [-0.2, -0.15) is 0 Å². The molecule has 1 atom stereocenters. The van der Waals surface area contributed by atoms with E-state index >= 15 is 0 Å². The highest BCUT2D eigenvalue weighted by Gasteiger charge is 2.22. The lowest BCUT2D eigenvalue weighted by molar-refractivity contribution is 0.0665. The first-order valence-electron chi connectivity index (χ1n) is 8.21. The van der Waals surface area contributed by atoms with Crippen molar-refractivity contribution >= 4 is 5.91 Å². The van der Waals surface area contributed by atoms with Gasteiger partial charge >= 0.3 is 0 Å². The molecule has 0 N–H and O–H groups in total. The van der Waals surface area contributed by atoms with Gasteiger partial charge in [0.25, 0.3) is 5.91 Å². The van der Waals surface area contributed by atoms with Crippen molar-refractivity contribution in [2.45, 2.75) is 32.9 Å². The molecule has 0 bridgehead atoms. The summed E-state index contributed by atoms with van der Waals surface area (Å²) >= 11 is 0. The molecule has 3 rings (SSSR count). The summed E-state index contributed by atoms with van der Waals surface area (Å²) in [5, 5.41) is 7.55. The van der Waals surface area contributed by atoms with Gasteiger partial charge in [-0.1, -0.05) is 19.1 Å². The van der Waals surface area contributed by atoms with E-state index in [1.54, 1.807) is 35.7 Å². The molecule has 0 aromatic carbocycles. The van der Waals surface area contributed by atoms with Crippen molar-refractivity contribution in [3.05, 3.63) is 66.6 Å². The Hall–Kier alpha value is -3.09. The molecule has 0 aliphatic heterocycles. The van der Waals surface area contributed by atoms with Gasteiger partial charge in [0.2, 0.25) is 0 Å². The van der Waals surface area contributed by atoms with E-state index in [2.05, 4.69) is 27.1 Å². The van der Waals surface area contributed by atoms with Crippen LogP contribution in [0.1, 0.15) is 36.3 Å². The van der Waals surface area contributed by atoms with Crippen LogP contribution in [0, 0.1) is 0 Å². The molecule has 3 aromatic rings. The second kappa shape index (κ2) is 7.65. The van der Waals surface area contributed by atoms with Crippen molar-refractivity contribution in [1.82, 2.24) is 29.6 Å². The third-order valence-corrected chi connectivity index (χ3v) is 4.10. The van der Waals surface area contributed by atoms with Gasteiger partial charge in [0.05, 0.1) is 0 Å². The van der Waals surface area contributed by atoms with Gasteiger partial charge in [0, 0.05) is 25.0 Å². The molecular weight excluding hydrogens is 316 g/mol. The van der Waals surface area contributed by atoms with Crippen molar-refractivity contribution in [1.29, 1.82) is 0 Å². The van der Waals surface area contributed by atoms with Crippen LogP contribution in [0.2, 0.25) is 0 Å². The molecule has 7 heteroatoms. The summed E-state index contributed by atoms with van der Waals surface area (Å²) in [7, 11) is 0. The zero-order valence-corrected chi connectivity index (χ0v) is 14.3. The van der Waals surface area contributed by atoms with E-state index in [0.717, 1.165) is 12.0 Å². The minimum Gasteiger partial charge on any atom is -0.330 e. The van der Waals surface area contributed by atoms with E-state index in [9.17, 15) is 4.79 Å². The molecule has 128 valence electrons. The SMILES string of the molecule is CCC(C)N(Cc1cccnc1)C(=O)c1cccc(-n2cnnc2)n1. The molecule has 0 aliphatic rings. The number of rotatable bonds is 6. The van der Waals surface area contributed by atoms with Crippen LogP contribution in [-0.4, -0.2) is 41.6 Å². The predicted molar refractivity (Wildman–Crippen MR) is 93.0 cm³/mol. The normalized spacial score (nSPS) is 11.9. The maximum Gasteiger partial charge on any atom is 0.273 e. The number of hydrogen-bond acceptors (Lipinski definition) is 5. The first-order chi connectivity index (χ1) is 12.2. The van der Waals surface area contributed by atoms with Crippen molar-refractivity contribution < 1.29 is 4.79 Å². The van der Waals surface area contributed by atoms with Crippen LogP contribution in [0.5, 0.6) is 0 Å². The van der Waals surface area contributed by atoms with Gasteiger partial charge < -0.3 is 4.90 Å². The van der Waals surface area contributed by atoms with Crippen LogP contribution < -0.4 is 0 Å². The topological polar surface area (TPSA) is 76.8 Å². The third-order valence-electron chi connectivity index (χ3n) is 4.10. The average Bonchev–Trinajstić information content (AvgIpc) is 3.21. The lowest BCUT2D eigenvalue weighted by Crippen LogP contribution is -2.38. The Kier molecular flexibility index (Phi) is 5.13. The van der Waals surface area contributed by atoms with E-state index in [1.807, 2.05) is 36.1 Å². The maximum atomic E-state index is 13.1. The first kappa shape index (κ1) is 16.8. The standard InChI is InChI=1S/C18H20N6O/c1-3-14(2)24(11-15-6-5-9-19-10-15)18(25)16-7-4-8-17(22-16)23-12-20-21-13-23/h4-10,12-14H,3,11H2,1-2H3. The number of nitrogens with zero attached hydrogens (tertiary/aromatic N) is 6. The molecule has 0 spiro atoms. The maximum absolute atomic E-state index is 13.1. The van der Waals surface area contributed by atoms with E-state index < -0.39 is 0 Å². The average molecular weight is 336 g/mol. The highest BCUT2D eigenvalue weighted by Crippen LogP contribution is 2.15. The number of amides is 1. The van der Waals surface area contributed by atoms with Crippen molar-refractivity contribution in [3.8, 4) is 5.82 Å². The van der Waals surface area contributed by atoms with Gasteiger partial charge in [0.1, 0.15) is 24.2 Å². The molecule has 3 heterocycles. The molecule has 0 fully saturated rings. The Bertz CT molecular complexity index is 819. The number of aromatic nitrogens is 5. The van der Waals surface area contributed by atoms with Crippen molar-refractivity contribution in [3.63, 3.8) is 0 Å². The van der Waals surface area contributed by atoms with Crippen LogP contribution in [0.15, 0.2) is 55.4 Å². The molecule has 0 saturated heterocycles. The van der Waals surface area contributed by atoms with Gasteiger partial charge in [-0.25, -0.2) is 4.98 Å².